The van der Waals surface area contributed by atoms with Crippen molar-refractivity contribution in [3.63, 3.8) is 0 Å². The third kappa shape index (κ3) is 2.63. The standard InChI is InChI=1S/C15H15N3OS/c1-11-14(9-18-8-7-16-10-18)17-15(19-11)12-3-5-13(20-2)6-4-12/h3-8,10H,9H2,1-2H3. The fraction of sp³-hybridized carbons (Fsp3) is 0.200. The van der Waals surface area contributed by atoms with Crippen molar-refractivity contribution >= 4 is 11.8 Å². The molecule has 3 rings (SSSR count). The smallest absolute Gasteiger partial charge is 0.226 e. The summed E-state index contributed by atoms with van der Waals surface area (Å²) in [5.74, 6) is 1.52. The van der Waals surface area contributed by atoms with Crippen LogP contribution in [-0.2, 0) is 6.54 Å². The highest BCUT2D eigenvalue weighted by Crippen LogP contribution is 2.24. The van der Waals surface area contributed by atoms with E-state index in [1.807, 2.05) is 29.8 Å². The van der Waals surface area contributed by atoms with Gasteiger partial charge >= 0.3 is 0 Å². The second-order valence-electron chi connectivity index (χ2n) is 4.49. The number of thioether (sulfide) groups is 1. The molecule has 0 bridgehead atoms. The lowest BCUT2D eigenvalue weighted by molar-refractivity contribution is 0.538. The molecule has 102 valence electrons. The summed E-state index contributed by atoms with van der Waals surface area (Å²) in [6.07, 6.45) is 7.52. The van der Waals surface area contributed by atoms with E-state index < -0.39 is 0 Å². The first-order chi connectivity index (χ1) is 9.76. The molecular formula is C15H15N3OS. The maximum Gasteiger partial charge on any atom is 0.226 e. The van der Waals surface area contributed by atoms with Gasteiger partial charge < -0.3 is 8.98 Å². The van der Waals surface area contributed by atoms with Gasteiger partial charge in [0.05, 0.1) is 12.9 Å². The summed E-state index contributed by atoms with van der Waals surface area (Å²) < 4.78 is 7.75. The predicted molar refractivity (Wildman–Crippen MR) is 79.8 cm³/mol. The molecule has 20 heavy (non-hydrogen) atoms. The summed E-state index contributed by atoms with van der Waals surface area (Å²) in [6, 6.07) is 8.24. The number of benzene rings is 1. The lowest BCUT2D eigenvalue weighted by Crippen LogP contribution is -1.98. The number of hydrogen-bond acceptors (Lipinski definition) is 4. The average molecular weight is 285 g/mol. The Morgan fingerprint density at radius 1 is 1.25 bits per heavy atom. The Kier molecular flexibility index (Phi) is 3.60. The Hall–Kier alpha value is -2.01. The Balaban J connectivity index is 1.87. The van der Waals surface area contributed by atoms with Crippen molar-refractivity contribution < 1.29 is 4.42 Å². The molecule has 2 heterocycles. The van der Waals surface area contributed by atoms with Crippen LogP contribution < -0.4 is 0 Å². The first-order valence-electron chi connectivity index (χ1n) is 6.33. The lowest BCUT2D eigenvalue weighted by atomic mass is 10.2. The normalized spacial score (nSPS) is 10.9. The number of rotatable bonds is 4. The van der Waals surface area contributed by atoms with E-state index in [0.717, 1.165) is 17.0 Å². The number of imidazole rings is 1. The summed E-state index contributed by atoms with van der Waals surface area (Å²) in [4.78, 5) is 9.85. The van der Waals surface area contributed by atoms with Gasteiger partial charge in [-0.2, -0.15) is 0 Å². The first kappa shape index (κ1) is 13.0. The second-order valence-corrected chi connectivity index (χ2v) is 5.37. The Bertz CT molecular complexity index is 686. The number of aryl methyl sites for hydroxylation is 1. The lowest BCUT2D eigenvalue weighted by Gasteiger charge is -1.98. The molecule has 0 aliphatic heterocycles. The highest BCUT2D eigenvalue weighted by molar-refractivity contribution is 7.98. The van der Waals surface area contributed by atoms with Crippen LogP contribution in [0.25, 0.3) is 11.5 Å². The highest BCUT2D eigenvalue weighted by atomic mass is 32.2. The van der Waals surface area contributed by atoms with E-state index in [4.69, 9.17) is 4.42 Å². The van der Waals surface area contributed by atoms with Crippen molar-refractivity contribution in [2.75, 3.05) is 6.26 Å². The molecule has 2 aromatic heterocycles. The maximum absolute atomic E-state index is 5.77. The molecule has 0 aliphatic rings. The summed E-state index contributed by atoms with van der Waals surface area (Å²) in [7, 11) is 0. The van der Waals surface area contributed by atoms with Gasteiger partial charge in [0.15, 0.2) is 0 Å². The minimum atomic E-state index is 0.672. The zero-order valence-electron chi connectivity index (χ0n) is 11.4. The minimum Gasteiger partial charge on any atom is -0.441 e. The van der Waals surface area contributed by atoms with E-state index >= 15 is 0 Å². The van der Waals surface area contributed by atoms with Crippen LogP contribution in [0.2, 0.25) is 0 Å². The quantitative estimate of drug-likeness (QED) is 0.687. The third-order valence-electron chi connectivity index (χ3n) is 3.12. The predicted octanol–water partition coefficient (Wildman–Crippen LogP) is 3.62. The topological polar surface area (TPSA) is 43.9 Å². The van der Waals surface area contributed by atoms with E-state index in [1.165, 1.54) is 4.90 Å². The van der Waals surface area contributed by atoms with Crippen LogP contribution >= 0.6 is 11.8 Å². The first-order valence-corrected chi connectivity index (χ1v) is 7.55. The SMILES string of the molecule is CSc1ccc(-c2nc(Cn3ccnc3)c(C)o2)cc1. The van der Waals surface area contributed by atoms with Gasteiger partial charge in [0, 0.05) is 22.9 Å². The largest absolute Gasteiger partial charge is 0.441 e. The molecule has 0 amide bonds. The fourth-order valence-corrected chi connectivity index (χ4v) is 2.39. The fourth-order valence-electron chi connectivity index (χ4n) is 1.98. The van der Waals surface area contributed by atoms with Crippen LogP contribution in [0.3, 0.4) is 0 Å². The van der Waals surface area contributed by atoms with Crippen molar-refractivity contribution in [1.82, 2.24) is 14.5 Å². The van der Waals surface area contributed by atoms with Crippen molar-refractivity contribution in [3.05, 3.63) is 54.4 Å². The van der Waals surface area contributed by atoms with E-state index in [-0.39, 0.29) is 0 Å². The molecule has 0 aliphatic carbocycles. The number of oxazole rings is 1. The number of aromatic nitrogens is 3. The van der Waals surface area contributed by atoms with Crippen LogP contribution in [0.4, 0.5) is 0 Å². The Morgan fingerprint density at radius 3 is 2.70 bits per heavy atom. The van der Waals surface area contributed by atoms with Crippen molar-refractivity contribution in [2.24, 2.45) is 0 Å². The summed E-state index contributed by atoms with van der Waals surface area (Å²) in [6.45, 7) is 2.62. The summed E-state index contributed by atoms with van der Waals surface area (Å²) >= 11 is 1.72. The van der Waals surface area contributed by atoms with Crippen molar-refractivity contribution in [1.29, 1.82) is 0 Å². The molecule has 0 N–H and O–H groups in total. The molecule has 0 saturated heterocycles. The van der Waals surface area contributed by atoms with Gasteiger partial charge in [-0.15, -0.1) is 11.8 Å². The highest BCUT2D eigenvalue weighted by Gasteiger charge is 2.11. The van der Waals surface area contributed by atoms with E-state index in [0.29, 0.717) is 12.4 Å². The molecule has 0 radical (unpaired) electrons. The number of nitrogens with zero attached hydrogens (tertiary/aromatic N) is 3. The molecule has 0 atom stereocenters. The van der Waals surface area contributed by atoms with Crippen LogP contribution in [0.5, 0.6) is 0 Å². The summed E-state index contributed by atoms with van der Waals surface area (Å²) in [5.41, 5.74) is 1.94. The van der Waals surface area contributed by atoms with E-state index in [9.17, 15) is 0 Å². The van der Waals surface area contributed by atoms with Crippen LogP contribution in [-0.4, -0.2) is 20.8 Å². The van der Waals surface area contributed by atoms with Gasteiger partial charge in [0.25, 0.3) is 0 Å². The Morgan fingerprint density at radius 2 is 2.05 bits per heavy atom. The molecule has 0 spiro atoms. The summed E-state index contributed by atoms with van der Waals surface area (Å²) in [5, 5.41) is 0. The molecule has 4 nitrogen and oxygen atoms in total. The monoisotopic (exact) mass is 285 g/mol. The van der Waals surface area contributed by atoms with Crippen molar-refractivity contribution in [2.45, 2.75) is 18.4 Å². The molecule has 0 saturated carbocycles. The van der Waals surface area contributed by atoms with Gasteiger partial charge in [-0.25, -0.2) is 9.97 Å². The van der Waals surface area contributed by atoms with Crippen LogP contribution in [0, 0.1) is 6.92 Å². The minimum absolute atomic E-state index is 0.672. The molecule has 0 fully saturated rings. The van der Waals surface area contributed by atoms with E-state index in [1.54, 1.807) is 24.3 Å². The van der Waals surface area contributed by atoms with E-state index in [2.05, 4.69) is 28.4 Å². The van der Waals surface area contributed by atoms with Gasteiger partial charge in [-0.1, -0.05) is 0 Å². The molecule has 5 heteroatoms. The van der Waals surface area contributed by atoms with Crippen LogP contribution in [0.15, 0.2) is 52.3 Å². The Labute approximate surface area is 121 Å². The van der Waals surface area contributed by atoms with Gasteiger partial charge in [-0.05, 0) is 37.4 Å². The molecular weight excluding hydrogens is 270 g/mol. The molecule has 0 unspecified atom stereocenters. The average Bonchev–Trinajstić information content (AvgIpc) is 3.10. The van der Waals surface area contributed by atoms with Gasteiger partial charge in [-0.3, -0.25) is 0 Å². The zero-order valence-corrected chi connectivity index (χ0v) is 12.2. The molecule has 1 aromatic carbocycles. The van der Waals surface area contributed by atoms with Crippen molar-refractivity contribution in [3.8, 4) is 11.5 Å². The third-order valence-corrected chi connectivity index (χ3v) is 3.86. The maximum atomic E-state index is 5.77. The van der Waals surface area contributed by atoms with Crippen LogP contribution in [0.1, 0.15) is 11.5 Å². The molecule has 3 aromatic rings. The van der Waals surface area contributed by atoms with Gasteiger partial charge in [0.1, 0.15) is 11.5 Å². The zero-order chi connectivity index (χ0) is 13.9. The number of hydrogen-bond donors (Lipinski definition) is 0. The van der Waals surface area contributed by atoms with Gasteiger partial charge in [0.2, 0.25) is 5.89 Å². The second kappa shape index (κ2) is 5.54.